The Morgan fingerprint density at radius 3 is 2.62 bits per heavy atom. The first kappa shape index (κ1) is 13.7. The zero-order chi connectivity index (χ0) is 14.7. The number of para-hydroxylation sites is 3. The number of imidazole rings is 1. The maximum absolute atomic E-state index is 12.2. The third-order valence-electron chi connectivity index (χ3n) is 3.22. The van der Waals surface area contributed by atoms with Crippen molar-refractivity contribution in [2.75, 3.05) is 17.7 Å². The van der Waals surface area contributed by atoms with Crippen LogP contribution in [0.25, 0.3) is 11.0 Å². The van der Waals surface area contributed by atoms with Gasteiger partial charge in [0.1, 0.15) is 0 Å². The fourth-order valence-corrected chi connectivity index (χ4v) is 2.82. The molecule has 1 amide bonds. The summed E-state index contributed by atoms with van der Waals surface area (Å²) in [5.74, 6) is 0.400. The lowest BCUT2D eigenvalue weighted by Gasteiger charge is -2.16. The molecule has 106 valence electrons. The van der Waals surface area contributed by atoms with E-state index < -0.39 is 0 Å². The zero-order valence-corrected chi connectivity index (χ0v) is 12.4. The van der Waals surface area contributed by atoms with Gasteiger partial charge in [-0.05, 0) is 24.3 Å². The van der Waals surface area contributed by atoms with Crippen molar-refractivity contribution in [1.29, 1.82) is 0 Å². The Bertz CT molecular complexity index is 721. The van der Waals surface area contributed by atoms with Crippen LogP contribution in [0.3, 0.4) is 0 Å². The second-order valence-corrected chi connectivity index (χ2v) is 5.60. The normalized spacial score (nSPS) is 10.7. The van der Waals surface area contributed by atoms with E-state index in [2.05, 4.69) is 9.97 Å². The van der Waals surface area contributed by atoms with Gasteiger partial charge < -0.3 is 9.88 Å². The number of carbonyl (C=O) groups excluding carboxylic acids is 1. The molecule has 0 saturated carbocycles. The number of amides is 1. The topological polar surface area (TPSA) is 49.0 Å². The van der Waals surface area contributed by atoms with Crippen LogP contribution in [0.2, 0.25) is 0 Å². The van der Waals surface area contributed by atoms with Crippen molar-refractivity contribution in [1.82, 2.24) is 9.97 Å². The van der Waals surface area contributed by atoms with E-state index in [1.807, 2.05) is 54.6 Å². The number of rotatable bonds is 4. The number of anilines is 1. The number of carbonyl (C=O) groups is 1. The molecule has 0 aliphatic rings. The SMILES string of the molecule is CN(C(=O)CSc1nc2ccccc2[nH]1)c1ccccc1. The summed E-state index contributed by atoms with van der Waals surface area (Å²) in [7, 11) is 1.79. The quantitative estimate of drug-likeness (QED) is 0.752. The smallest absolute Gasteiger partial charge is 0.237 e. The highest BCUT2D eigenvalue weighted by Crippen LogP contribution is 2.20. The predicted octanol–water partition coefficient (Wildman–Crippen LogP) is 3.32. The van der Waals surface area contributed by atoms with Gasteiger partial charge in [0.2, 0.25) is 5.91 Å². The lowest BCUT2D eigenvalue weighted by Crippen LogP contribution is -2.27. The fourth-order valence-electron chi connectivity index (χ4n) is 2.02. The molecule has 1 heterocycles. The molecule has 2 aromatic carbocycles. The third kappa shape index (κ3) is 3.08. The second-order valence-electron chi connectivity index (χ2n) is 4.64. The van der Waals surface area contributed by atoms with Crippen molar-refractivity contribution in [3.8, 4) is 0 Å². The number of aromatic nitrogens is 2. The molecule has 3 aromatic rings. The van der Waals surface area contributed by atoms with Gasteiger partial charge in [-0.1, -0.05) is 42.1 Å². The van der Waals surface area contributed by atoms with E-state index in [4.69, 9.17) is 0 Å². The van der Waals surface area contributed by atoms with E-state index in [9.17, 15) is 4.79 Å². The Hall–Kier alpha value is -2.27. The van der Waals surface area contributed by atoms with Gasteiger partial charge in [-0.3, -0.25) is 4.79 Å². The minimum Gasteiger partial charge on any atom is -0.333 e. The standard InChI is InChI=1S/C16H15N3OS/c1-19(12-7-3-2-4-8-12)15(20)11-21-16-17-13-9-5-6-10-14(13)18-16/h2-10H,11H2,1H3,(H,17,18). The Morgan fingerprint density at radius 1 is 1.14 bits per heavy atom. The Balaban J connectivity index is 1.65. The summed E-state index contributed by atoms with van der Waals surface area (Å²) >= 11 is 1.42. The van der Waals surface area contributed by atoms with Gasteiger partial charge in [0.05, 0.1) is 16.8 Å². The van der Waals surface area contributed by atoms with Gasteiger partial charge in [-0.2, -0.15) is 0 Å². The van der Waals surface area contributed by atoms with Crippen molar-refractivity contribution >= 4 is 34.4 Å². The highest BCUT2D eigenvalue weighted by atomic mass is 32.2. The summed E-state index contributed by atoms with van der Waals surface area (Å²) in [6.45, 7) is 0. The number of hydrogen-bond acceptors (Lipinski definition) is 3. The molecule has 0 atom stereocenters. The minimum atomic E-state index is 0.0478. The number of thioether (sulfide) groups is 1. The molecule has 0 saturated heterocycles. The molecule has 0 fully saturated rings. The Labute approximate surface area is 127 Å². The maximum Gasteiger partial charge on any atom is 0.237 e. The van der Waals surface area contributed by atoms with Crippen LogP contribution in [0, 0.1) is 0 Å². The van der Waals surface area contributed by atoms with E-state index in [1.54, 1.807) is 11.9 Å². The first-order valence-corrected chi connectivity index (χ1v) is 7.62. The van der Waals surface area contributed by atoms with Crippen LogP contribution in [-0.4, -0.2) is 28.7 Å². The molecule has 1 aromatic heterocycles. The summed E-state index contributed by atoms with van der Waals surface area (Å²) < 4.78 is 0. The van der Waals surface area contributed by atoms with Crippen LogP contribution >= 0.6 is 11.8 Å². The highest BCUT2D eigenvalue weighted by Gasteiger charge is 2.12. The van der Waals surface area contributed by atoms with Gasteiger partial charge in [-0.25, -0.2) is 4.98 Å². The first-order valence-electron chi connectivity index (χ1n) is 6.63. The van der Waals surface area contributed by atoms with Crippen LogP contribution in [0.4, 0.5) is 5.69 Å². The third-order valence-corrected chi connectivity index (χ3v) is 4.08. The summed E-state index contributed by atoms with van der Waals surface area (Å²) in [5, 5.41) is 0.769. The van der Waals surface area contributed by atoms with E-state index in [-0.39, 0.29) is 5.91 Å². The molecule has 3 rings (SSSR count). The van der Waals surface area contributed by atoms with E-state index in [0.717, 1.165) is 21.9 Å². The van der Waals surface area contributed by atoms with Gasteiger partial charge in [0, 0.05) is 12.7 Å². The molecule has 1 N–H and O–H groups in total. The molecule has 0 aliphatic heterocycles. The van der Waals surface area contributed by atoms with Crippen LogP contribution in [-0.2, 0) is 4.79 Å². The predicted molar refractivity (Wildman–Crippen MR) is 86.7 cm³/mol. The van der Waals surface area contributed by atoms with Crippen LogP contribution in [0.15, 0.2) is 59.8 Å². The summed E-state index contributed by atoms with van der Waals surface area (Å²) in [6, 6.07) is 17.5. The zero-order valence-electron chi connectivity index (χ0n) is 11.6. The highest BCUT2D eigenvalue weighted by molar-refractivity contribution is 7.99. The van der Waals surface area contributed by atoms with Crippen molar-refractivity contribution in [2.24, 2.45) is 0 Å². The molecule has 0 radical (unpaired) electrons. The summed E-state index contributed by atoms with van der Waals surface area (Å²) in [5.41, 5.74) is 2.81. The molecule has 0 unspecified atom stereocenters. The van der Waals surface area contributed by atoms with Crippen molar-refractivity contribution in [3.63, 3.8) is 0 Å². The van der Waals surface area contributed by atoms with Crippen molar-refractivity contribution in [3.05, 3.63) is 54.6 Å². The van der Waals surface area contributed by atoms with Crippen LogP contribution < -0.4 is 4.90 Å². The maximum atomic E-state index is 12.2. The molecule has 4 nitrogen and oxygen atoms in total. The number of nitrogens with one attached hydrogen (secondary N) is 1. The lowest BCUT2D eigenvalue weighted by molar-refractivity contribution is -0.115. The number of aromatic amines is 1. The van der Waals surface area contributed by atoms with Crippen molar-refractivity contribution in [2.45, 2.75) is 5.16 Å². The molecule has 21 heavy (non-hydrogen) atoms. The van der Waals surface area contributed by atoms with E-state index in [1.165, 1.54) is 11.8 Å². The number of nitrogens with zero attached hydrogens (tertiary/aromatic N) is 2. The largest absolute Gasteiger partial charge is 0.333 e. The summed E-state index contributed by atoms with van der Waals surface area (Å²) in [4.78, 5) is 21.5. The van der Waals surface area contributed by atoms with Gasteiger partial charge in [0.15, 0.2) is 5.16 Å². The van der Waals surface area contributed by atoms with Crippen LogP contribution in [0.5, 0.6) is 0 Å². The average Bonchev–Trinajstić information content (AvgIpc) is 2.95. The van der Waals surface area contributed by atoms with Gasteiger partial charge in [0.25, 0.3) is 0 Å². The lowest BCUT2D eigenvalue weighted by atomic mass is 10.3. The van der Waals surface area contributed by atoms with E-state index in [0.29, 0.717) is 5.75 Å². The van der Waals surface area contributed by atoms with Gasteiger partial charge >= 0.3 is 0 Å². The van der Waals surface area contributed by atoms with Crippen molar-refractivity contribution < 1.29 is 4.79 Å². The Morgan fingerprint density at radius 2 is 1.86 bits per heavy atom. The van der Waals surface area contributed by atoms with E-state index >= 15 is 0 Å². The molecule has 0 bridgehead atoms. The van der Waals surface area contributed by atoms with Crippen LogP contribution in [0.1, 0.15) is 0 Å². The minimum absolute atomic E-state index is 0.0478. The fraction of sp³-hybridized carbons (Fsp3) is 0.125. The number of fused-ring (bicyclic) bond motifs is 1. The average molecular weight is 297 g/mol. The number of benzene rings is 2. The number of hydrogen-bond donors (Lipinski definition) is 1. The monoisotopic (exact) mass is 297 g/mol. The summed E-state index contributed by atoms with van der Waals surface area (Å²) in [6.07, 6.45) is 0. The molecular weight excluding hydrogens is 282 g/mol. The first-order chi connectivity index (χ1) is 10.2. The number of H-pyrrole nitrogens is 1. The molecular formula is C16H15N3OS. The molecule has 0 spiro atoms. The van der Waals surface area contributed by atoms with Gasteiger partial charge in [-0.15, -0.1) is 0 Å². The molecule has 5 heteroatoms. The molecule has 0 aliphatic carbocycles. The Kier molecular flexibility index (Phi) is 3.92. The second kappa shape index (κ2) is 6.01.